The summed E-state index contributed by atoms with van der Waals surface area (Å²) in [6, 6.07) is 0.320. The number of aromatic nitrogens is 2. The number of hydrogen-bond acceptors (Lipinski definition) is 5. The van der Waals surface area contributed by atoms with E-state index in [2.05, 4.69) is 9.97 Å². The van der Waals surface area contributed by atoms with E-state index in [-0.39, 0.29) is 11.2 Å². The van der Waals surface area contributed by atoms with Gasteiger partial charge in [0.2, 0.25) is 0 Å². The second kappa shape index (κ2) is 5.39. The molecule has 1 aromatic rings. The maximum Gasteiger partial charge on any atom is 0.276 e. The topological polar surface area (TPSA) is 101 Å². The lowest BCUT2D eigenvalue weighted by Gasteiger charge is -2.38. The predicted octanol–water partition coefficient (Wildman–Crippen LogP) is 0.306. The average molecular weight is 251 g/mol. The molecule has 0 spiro atoms. The number of hydrogen-bond donors (Lipinski definition) is 3. The van der Waals surface area contributed by atoms with E-state index in [4.69, 9.17) is 11.5 Å². The fraction of sp³-hybridized carbons (Fsp3) is 0.667. The minimum atomic E-state index is -0.285. The fourth-order valence-corrected chi connectivity index (χ4v) is 2.81. The first-order valence-corrected chi connectivity index (χ1v) is 6.41. The van der Waals surface area contributed by atoms with Crippen LogP contribution in [0.1, 0.15) is 25.7 Å². The zero-order valence-corrected chi connectivity index (χ0v) is 10.7. The van der Waals surface area contributed by atoms with Gasteiger partial charge in [0.05, 0.1) is 6.33 Å². The van der Waals surface area contributed by atoms with Gasteiger partial charge in [0.1, 0.15) is 5.69 Å². The quantitative estimate of drug-likeness (QED) is 0.717. The van der Waals surface area contributed by atoms with E-state index in [9.17, 15) is 4.79 Å². The lowest BCUT2D eigenvalue weighted by atomic mass is 9.83. The number of nitrogens with two attached hydrogens (primary N) is 2. The molecular formula is C12H21N5O. The monoisotopic (exact) mass is 251 g/mol. The van der Waals surface area contributed by atoms with Gasteiger partial charge in [0.15, 0.2) is 5.82 Å². The molecule has 0 aromatic carbocycles. The van der Waals surface area contributed by atoms with Crippen LogP contribution in [-0.2, 0) is 0 Å². The summed E-state index contributed by atoms with van der Waals surface area (Å²) in [6.45, 7) is 0.665. The van der Waals surface area contributed by atoms with Crippen LogP contribution in [0.4, 0.5) is 11.5 Å². The van der Waals surface area contributed by atoms with E-state index in [1.807, 2.05) is 11.9 Å². The highest BCUT2D eigenvalue weighted by Gasteiger charge is 2.29. The minimum Gasteiger partial charge on any atom is -0.391 e. The summed E-state index contributed by atoms with van der Waals surface area (Å²) in [6.07, 6.45) is 6.02. The molecule has 1 heterocycles. The van der Waals surface area contributed by atoms with Crippen molar-refractivity contribution in [3.05, 3.63) is 16.7 Å². The molecule has 0 aliphatic heterocycles. The molecule has 100 valence electrons. The van der Waals surface area contributed by atoms with E-state index in [0.29, 0.717) is 24.3 Å². The Balaban J connectivity index is 2.26. The van der Waals surface area contributed by atoms with Crippen LogP contribution in [-0.4, -0.2) is 29.6 Å². The Bertz CT molecular complexity index is 458. The van der Waals surface area contributed by atoms with Crippen molar-refractivity contribution in [3.63, 3.8) is 0 Å². The number of H-pyrrole nitrogens is 1. The van der Waals surface area contributed by atoms with Gasteiger partial charge in [0.25, 0.3) is 5.56 Å². The lowest BCUT2D eigenvalue weighted by molar-refractivity contribution is 0.305. The van der Waals surface area contributed by atoms with Gasteiger partial charge in [-0.3, -0.25) is 4.79 Å². The Hall–Kier alpha value is -1.56. The Kier molecular flexibility index (Phi) is 3.86. The van der Waals surface area contributed by atoms with Gasteiger partial charge in [-0.05, 0) is 25.3 Å². The molecule has 5 N–H and O–H groups in total. The van der Waals surface area contributed by atoms with Crippen LogP contribution in [0, 0.1) is 5.92 Å². The second-order valence-electron chi connectivity index (χ2n) is 4.93. The number of rotatable bonds is 3. The number of nitrogens with one attached hydrogen (secondary N) is 1. The molecule has 1 aliphatic carbocycles. The zero-order chi connectivity index (χ0) is 13.1. The molecule has 1 saturated carbocycles. The van der Waals surface area contributed by atoms with E-state index >= 15 is 0 Å². The van der Waals surface area contributed by atoms with Crippen molar-refractivity contribution in [2.75, 3.05) is 24.2 Å². The Labute approximate surface area is 106 Å². The van der Waals surface area contributed by atoms with Crippen molar-refractivity contribution in [2.24, 2.45) is 11.7 Å². The summed E-state index contributed by atoms with van der Waals surface area (Å²) in [5, 5.41) is 0. The van der Waals surface area contributed by atoms with Gasteiger partial charge in [-0.15, -0.1) is 0 Å². The molecular weight excluding hydrogens is 230 g/mol. The molecule has 1 aliphatic rings. The van der Waals surface area contributed by atoms with Crippen molar-refractivity contribution in [3.8, 4) is 0 Å². The van der Waals surface area contributed by atoms with Crippen LogP contribution in [0.3, 0.4) is 0 Å². The molecule has 6 heteroatoms. The van der Waals surface area contributed by atoms with Crippen LogP contribution < -0.4 is 21.9 Å². The third-order valence-corrected chi connectivity index (χ3v) is 3.87. The summed E-state index contributed by atoms with van der Waals surface area (Å²) in [5.74, 6) is 1.01. The van der Waals surface area contributed by atoms with Gasteiger partial charge in [-0.25, -0.2) is 4.98 Å². The summed E-state index contributed by atoms with van der Waals surface area (Å²) >= 11 is 0. The first-order chi connectivity index (χ1) is 8.65. The van der Waals surface area contributed by atoms with Crippen LogP contribution in [0.25, 0.3) is 0 Å². The van der Waals surface area contributed by atoms with Crippen molar-refractivity contribution in [2.45, 2.75) is 31.7 Å². The molecule has 0 bridgehead atoms. The van der Waals surface area contributed by atoms with Crippen LogP contribution >= 0.6 is 0 Å². The van der Waals surface area contributed by atoms with Crippen LogP contribution in [0.2, 0.25) is 0 Å². The third kappa shape index (κ3) is 2.33. The molecule has 6 nitrogen and oxygen atoms in total. The number of anilines is 2. The van der Waals surface area contributed by atoms with Crippen LogP contribution in [0.15, 0.2) is 11.1 Å². The van der Waals surface area contributed by atoms with Crippen LogP contribution in [0.5, 0.6) is 0 Å². The molecule has 0 saturated heterocycles. The summed E-state index contributed by atoms with van der Waals surface area (Å²) < 4.78 is 0. The molecule has 0 amide bonds. The van der Waals surface area contributed by atoms with Gasteiger partial charge in [0, 0.05) is 13.1 Å². The smallest absolute Gasteiger partial charge is 0.276 e. The van der Waals surface area contributed by atoms with E-state index in [1.165, 1.54) is 19.2 Å². The third-order valence-electron chi connectivity index (χ3n) is 3.87. The SMILES string of the molecule is CN(c1nc[nH]c(=O)c1N)C1CCCCC1CN. The Morgan fingerprint density at radius 2 is 2.22 bits per heavy atom. The molecule has 1 aromatic heterocycles. The predicted molar refractivity (Wildman–Crippen MR) is 72.5 cm³/mol. The molecule has 2 unspecified atom stereocenters. The second-order valence-corrected chi connectivity index (χ2v) is 4.93. The molecule has 1 fully saturated rings. The number of nitrogen functional groups attached to an aromatic ring is 1. The van der Waals surface area contributed by atoms with Gasteiger partial charge in [-0.2, -0.15) is 0 Å². The van der Waals surface area contributed by atoms with Crippen molar-refractivity contribution in [1.82, 2.24) is 9.97 Å². The van der Waals surface area contributed by atoms with Crippen molar-refractivity contribution in [1.29, 1.82) is 0 Å². The summed E-state index contributed by atoms with van der Waals surface area (Å²) in [5.41, 5.74) is 11.5. The molecule has 0 radical (unpaired) electrons. The lowest BCUT2D eigenvalue weighted by Crippen LogP contribution is -2.44. The average Bonchev–Trinajstić information content (AvgIpc) is 2.41. The Morgan fingerprint density at radius 3 is 2.94 bits per heavy atom. The maximum absolute atomic E-state index is 11.5. The van der Waals surface area contributed by atoms with Gasteiger partial charge in [-0.1, -0.05) is 12.8 Å². The highest BCUT2D eigenvalue weighted by molar-refractivity contribution is 5.61. The summed E-state index contributed by atoms with van der Waals surface area (Å²) in [7, 11) is 1.94. The number of aromatic amines is 1. The van der Waals surface area contributed by atoms with E-state index < -0.39 is 0 Å². The number of nitrogens with zero attached hydrogens (tertiary/aromatic N) is 2. The zero-order valence-electron chi connectivity index (χ0n) is 10.7. The van der Waals surface area contributed by atoms with Gasteiger partial charge < -0.3 is 21.4 Å². The van der Waals surface area contributed by atoms with E-state index in [0.717, 1.165) is 12.8 Å². The summed E-state index contributed by atoms with van der Waals surface area (Å²) in [4.78, 5) is 20.2. The fourth-order valence-electron chi connectivity index (χ4n) is 2.81. The largest absolute Gasteiger partial charge is 0.391 e. The standard InChI is InChI=1S/C12H21N5O/c1-17(9-5-3-2-4-8(9)6-13)11-10(14)12(18)16-7-15-11/h7-9H,2-6,13-14H2,1H3,(H,15,16,18). The maximum atomic E-state index is 11.5. The Morgan fingerprint density at radius 1 is 1.50 bits per heavy atom. The first kappa shape index (κ1) is 12.9. The highest BCUT2D eigenvalue weighted by Crippen LogP contribution is 2.30. The molecule has 2 rings (SSSR count). The molecule has 18 heavy (non-hydrogen) atoms. The van der Waals surface area contributed by atoms with Gasteiger partial charge >= 0.3 is 0 Å². The van der Waals surface area contributed by atoms with Crippen molar-refractivity contribution >= 4 is 11.5 Å². The normalized spacial score (nSPS) is 23.9. The van der Waals surface area contributed by atoms with Crippen molar-refractivity contribution < 1.29 is 0 Å². The highest BCUT2D eigenvalue weighted by atomic mass is 16.1. The first-order valence-electron chi connectivity index (χ1n) is 6.41. The molecule has 2 atom stereocenters. The minimum absolute atomic E-state index is 0.182. The van der Waals surface area contributed by atoms with E-state index in [1.54, 1.807) is 0 Å².